The lowest BCUT2D eigenvalue weighted by Gasteiger charge is -2.14. The molecule has 1 aromatic heterocycles. The molecular formula is C15H15FIN3O2. The first-order valence-corrected chi connectivity index (χ1v) is 7.74. The van der Waals surface area contributed by atoms with Crippen molar-refractivity contribution in [3.63, 3.8) is 0 Å². The van der Waals surface area contributed by atoms with Gasteiger partial charge in [0.15, 0.2) is 0 Å². The SMILES string of the molecule is CC[C@@H](O)NC(=O)c1ccncc1Nc1ccc(I)cc1F. The maximum atomic E-state index is 13.9. The molecular weight excluding hydrogens is 400 g/mol. The van der Waals surface area contributed by atoms with E-state index in [0.29, 0.717) is 12.1 Å². The van der Waals surface area contributed by atoms with E-state index in [4.69, 9.17) is 0 Å². The Morgan fingerprint density at radius 1 is 1.41 bits per heavy atom. The Morgan fingerprint density at radius 2 is 2.18 bits per heavy atom. The van der Waals surface area contributed by atoms with Gasteiger partial charge in [-0.1, -0.05) is 6.92 Å². The topological polar surface area (TPSA) is 74.2 Å². The van der Waals surface area contributed by atoms with Crippen LogP contribution in [-0.4, -0.2) is 22.2 Å². The van der Waals surface area contributed by atoms with E-state index in [9.17, 15) is 14.3 Å². The van der Waals surface area contributed by atoms with Gasteiger partial charge in [-0.15, -0.1) is 0 Å². The summed E-state index contributed by atoms with van der Waals surface area (Å²) >= 11 is 2.02. The molecule has 0 spiro atoms. The van der Waals surface area contributed by atoms with Crippen molar-refractivity contribution in [1.82, 2.24) is 10.3 Å². The zero-order valence-electron chi connectivity index (χ0n) is 11.8. The summed E-state index contributed by atoms with van der Waals surface area (Å²) in [5.74, 6) is -0.874. The highest BCUT2D eigenvalue weighted by Gasteiger charge is 2.15. The van der Waals surface area contributed by atoms with E-state index in [-0.39, 0.29) is 11.3 Å². The Hall–Kier alpha value is -1.74. The number of hydrogen-bond donors (Lipinski definition) is 3. The minimum Gasteiger partial charge on any atom is -0.374 e. The number of nitrogens with one attached hydrogen (secondary N) is 2. The van der Waals surface area contributed by atoms with Gasteiger partial charge in [-0.2, -0.15) is 0 Å². The molecule has 1 heterocycles. The molecule has 3 N–H and O–H groups in total. The number of aromatic nitrogens is 1. The van der Waals surface area contributed by atoms with E-state index >= 15 is 0 Å². The highest BCUT2D eigenvalue weighted by atomic mass is 127. The molecule has 1 aromatic carbocycles. The Labute approximate surface area is 141 Å². The zero-order valence-corrected chi connectivity index (χ0v) is 14.0. The third kappa shape index (κ3) is 4.14. The van der Waals surface area contributed by atoms with Crippen LogP contribution in [0.2, 0.25) is 0 Å². The summed E-state index contributed by atoms with van der Waals surface area (Å²) in [5.41, 5.74) is 0.891. The summed E-state index contributed by atoms with van der Waals surface area (Å²) in [5, 5.41) is 14.8. The summed E-state index contributed by atoms with van der Waals surface area (Å²) in [7, 11) is 0. The Balaban J connectivity index is 2.26. The maximum absolute atomic E-state index is 13.9. The summed E-state index contributed by atoms with van der Waals surface area (Å²) in [6.07, 6.45) is 2.36. The number of hydrogen-bond acceptors (Lipinski definition) is 4. The van der Waals surface area contributed by atoms with E-state index in [1.54, 1.807) is 19.1 Å². The maximum Gasteiger partial charge on any atom is 0.255 e. The number of amides is 1. The lowest BCUT2D eigenvalue weighted by molar-refractivity contribution is 0.0777. The third-order valence-corrected chi connectivity index (χ3v) is 3.62. The van der Waals surface area contributed by atoms with Crippen LogP contribution in [0.1, 0.15) is 23.7 Å². The Bertz CT molecular complexity index is 682. The summed E-state index contributed by atoms with van der Waals surface area (Å²) in [4.78, 5) is 16.1. The number of nitrogens with zero attached hydrogens (tertiary/aromatic N) is 1. The third-order valence-electron chi connectivity index (χ3n) is 2.95. The van der Waals surface area contributed by atoms with Gasteiger partial charge in [0.05, 0.1) is 23.1 Å². The molecule has 2 rings (SSSR count). The van der Waals surface area contributed by atoms with Crippen LogP contribution in [0.5, 0.6) is 0 Å². The van der Waals surface area contributed by atoms with Gasteiger partial charge in [0.1, 0.15) is 12.0 Å². The fourth-order valence-corrected chi connectivity index (χ4v) is 2.21. The van der Waals surface area contributed by atoms with Crippen LogP contribution in [0.4, 0.5) is 15.8 Å². The van der Waals surface area contributed by atoms with Gasteiger partial charge in [0.2, 0.25) is 0 Å². The summed E-state index contributed by atoms with van der Waals surface area (Å²) in [6.45, 7) is 1.75. The van der Waals surface area contributed by atoms with Crippen LogP contribution < -0.4 is 10.6 Å². The number of aliphatic hydroxyl groups excluding tert-OH is 1. The number of carbonyl (C=O) groups is 1. The van der Waals surface area contributed by atoms with Crippen LogP contribution in [0.15, 0.2) is 36.7 Å². The molecule has 0 fully saturated rings. The van der Waals surface area contributed by atoms with Crippen molar-refractivity contribution in [2.45, 2.75) is 19.6 Å². The predicted molar refractivity (Wildman–Crippen MR) is 90.4 cm³/mol. The van der Waals surface area contributed by atoms with E-state index in [1.807, 2.05) is 22.6 Å². The van der Waals surface area contributed by atoms with Crippen molar-refractivity contribution in [3.8, 4) is 0 Å². The van der Waals surface area contributed by atoms with Crippen LogP contribution in [0, 0.1) is 9.39 Å². The van der Waals surface area contributed by atoms with E-state index in [1.165, 1.54) is 24.5 Å². The molecule has 5 nitrogen and oxygen atoms in total. The minimum absolute atomic E-state index is 0.249. The number of benzene rings is 1. The first-order valence-electron chi connectivity index (χ1n) is 6.66. The van der Waals surface area contributed by atoms with Crippen molar-refractivity contribution in [2.24, 2.45) is 0 Å². The van der Waals surface area contributed by atoms with Gasteiger partial charge in [0.25, 0.3) is 5.91 Å². The van der Waals surface area contributed by atoms with Crippen LogP contribution in [0.3, 0.4) is 0 Å². The average Bonchev–Trinajstić information content (AvgIpc) is 2.50. The quantitative estimate of drug-likeness (QED) is 0.519. The van der Waals surface area contributed by atoms with Gasteiger partial charge in [-0.3, -0.25) is 9.78 Å². The molecule has 0 bridgehead atoms. The molecule has 2 aromatic rings. The Morgan fingerprint density at radius 3 is 2.86 bits per heavy atom. The molecule has 0 saturated heterocycles. The van der Waals surface area contributed by atoms with Crippen LogP contribution in [-0.2, 0) is 0 Å². The van der Waals surface area contributed by atoms with Crippen molar-refractivity contribution >= 4 is 39.9 Å². The predicted octanol–water partition coefficient (Wildman–Crippen LogP) is 3.03. The van der Waals surface area contributed by atoms with E-state index in [2.05, 4.69) is 15.6 Å². The molecule has 1 atom stereocenters. The number of pyridine rings is 1. The molecule has 1 amide bonds. The van der Waals surface area contributed by atoms with Gasteiger partial charge in [-0.05, 0) is 53.3 Å². The van der Waals surface area contributed by atoms with Crippen molar-refractivity contribution < 1.29 is 14.3 Å². The number of anilines is 2. The smallest absolute Gasteiger partial charge is 0.255 e. The molecule has 0 aliphatic rings. The van der Waals surface area contributed by atoms with E-state index < -0.39 is 18.0 Å². The first-order chi connectivity index (χ1) is 10.5. The monoisotopic (exact) mass is 415 g/mol. The lowest BCUT2D eigenvalue weighted by Crippen LogP contribution is -2.34. The van der Waals surface area contributed by atoms with Crippen molar-refractivity contribution in [2.75, 3.05) is 5.32 Å². The first kappa shape index (κ1) is 16.6. The fraction of sp³-hybridized carbons (Fsp3) is 0.200. The van der Waals surface area contributed by atoms with Gasteiger partial charge >= 0.3 is 0 Å². The molecule has 7 heteroatoms. The lowest BCUT2D eigenvalue weighted by atomic mass is 10.2. The molecule has 0 radical (unpaired) electrons. The van der Waals surface area contributed by atoms with Crippen molar-refractivity contribution in [3.05, 3.63) is 51.6 Å². The fourth-order valence-electron chi connectivity index (χ4n) is 1.76. The number of aliphatic hydroxyl groups is 1. The second-order valence-corrected chi connectivity index (χ2v) is 5.81. The summed E-state index contributed by atoms with van der Waals surface area (Å²) in [6, 6.07) is 6.24. The average molecular weight is 415 g/mol. The molecule has 0 saturated carbocycles. The number of rotatable bonds is 5. The zero-order chi connectivity index (χ0) is 16.1. The second kappa shape index (κ2) is 7.50. The molecule has 116 valence electrons. The molecule has 0 aliphatic heterocycles. The van der Waals surface area contributed by atoms with E-state index in [0.717, 1.165) is 3.57 Å². The van der Waals surface area contributed by atoms with Crippen LogP contribution >= 0.6 is 22.6 Å². The highest BCUT2D eigenvalue weighted by molar-refractivity contribution is 14.1. The van der Waals surface area contributed by atoms with Crippen LogP contribution in [0.25, 0.3) is 0 Å². The summed E-state index contributed by atoms with van der Waals surface area (Å²) < 4.78 is 14.7. The molecule has 22 heavy (non-hydrogen) atoms. The number of carbonyl (C=O) groups excluding carboxylic acids is 1. The van der Waals surface area contributed by atoms with Gasteiger partial charge in [0, 0.05) is 9.77 Å². The second-order valence-electron chi connectivity index (χ2n) is 4.57. The van der Waals surface area contributed by atoms with Gasteiger partial charge in [-0.25, -0.2) is 4.39 Å². The molecule has 0 aliphatic carbocycles. The highest BCUT2D eigenvalue weighted by Crippen LogP contribution is 2.23. The number of halogens is 2. The minimum atomic E-state index is -0.927. The normalized spacial score (nSPS) is 11.8. The van der Waals surface area contributed by atoms with Gasteiger partial charge < -0.3 is 15.7 Å². The largest absolute Gasteiger partial charge is 0.374 e. The standard InChI is InChI=1S/C15H15FIN3O2/c1-2-14(21)20-15(22)10-5-6-18-8-13(10)19-12-4-3-9(17)7-11(12)16/h3-8,14,19,21H,2H2,1H3,(H,20,22)/t14-/m1/s1. The molecule has 0 unspecified atom stereocenters. The van der Waals surface area contributed by atoms with Crippen molar-refractivity contribution in [1.29, 1.82) is 0 Å². The Kier molecular flexibility index (Phi) is 5.67.